The van der Waals surface area contributed by atoms with Crippen molar-refractivity contribution in [2.45, 2.75) is 20.3 Å². The van der Waals surface area contributed by atoms with Crippen molar-refractivity contribution < 1.29 is 19.8 Å². The summed E-state index contributed by atoms with van der Waals surface area (Å²) in [4.78, 5) is 24.7. The van der Waals surface area contributed by atoms with Crippen molar-refractivity contribution in [2.24, 2.45) is 11.8 Å². The average Bonchev–Trinajstić information content (AvgIpc) is 3.14. The molecule has 0 spiro atoms. The summed E-state index contributed by atoms with van der Waals surface area (Å²) in [5, 5.41) is 18.4. The summed E-state index contributed by atoms with van der Waals surface area (Å²) < 4.78 is 0. The minimum Gasteiger partial charge on any atom is -0.508 e. The molecule has 0 aromatic heterocycles. The maximum Gasteiger partial charge on any atom is 0.307 e. The molecule has 1 aliphatic carbocycles. The lowest BCUT2D eigenvalue weighted by Crippen LogP contribution is -2.33. The standard InChI is InChI=1S/C14H17NO4/c1-3-15(12-6-9(16)5-4-8(12)2)13(17)10-7-11(10)14(18)19/h4-6,10-11,16H,3,7H2,1-2H3,(H,18,19)/t10-,11+/m1/s1. The van der Waals surface area contributed by atoms with Gasteiger partial charge in [-0.2, -0.15) is 0 Å². The number of aryl methyl sites for hydroxylation is 1. The quantitative estimate of drug-likeness (QED) is 0.868. The van der Waals surface area contributed by atoms with Gasteiger partial charge in [0, 0.05) is 12.6 Å². The molecule has 1 aromatic rings. The van der Waals surface area contributed by atoms with Crippen molar-refractivity contribution in [1.29, 1.82) is 0 Å². The Hall–Kier alpha value is -2.04. The molecule has 0 saturated heterocycles. The van der Waals surface area contributed by atoms with E-state index in [-0.39, 0.29) is 11.7 Å². The Balaban J connectivity index is 2.23. The number of phenolic OH excluding ortho intramolecular Hbond substituents is 1. The molecule has 102 valence electrons. The normalized spacial score (nSPS) is 20.9. The highest BCUT2D eigenvalue weighted by Crippen LogP contribution is 2.41. The fourth-order valence-corrected chi connectivity index (χ4v) is 2.27. The highest BCUT2D eigenvalue weighted by atomic mass is 16.4. The van der Waals surface area contributed by atoms with E-state index in [0.717, 1.165) is 5.56 Å². The molecule has 0 unspecified atom stereocenters. The number of carbonyl (C=O) groups excluding carboxylic acids is 1. The van der Waals surface area contributed by atoms with Gasteiger partial charge in [0.1, 0.15) is 5.75 Å². The highest BCUT2D eigenvalue weighted by Gasteiger charge is 2.49. The van der Waals surface area contributed by atoms with Crippen LogP contribution in [0.5, 0.6) is 5.75 Å². The molecule has 0 bridgehead atoms. The zero-order valence-electron chi connectivity index (χ0n) is 11.0. The second-order valence-corrected chi connectivity index (χ2v) is 4.84. The van der Waals surface area contributed by atoms with Crippen molar-refractivity contribution in [2.75, 3.05) is 11.4 Å². The minimum atomic E-state index is -0.915. The number of aromatic hydroxyl groups is 1. The predicted molar refractivity (Wildman–Crippen MR) is 70.1 cm³/mol. The number of benzene rings is 1. The zero-order valence-corrected chi connectivity index (χ0v) is 11.0. The third-order valence-corrected chi connectivity index (χ3v) is 3.49. The molecule has 19 heavy (non-hydrogen) atoms. The molecule has 1 aromatic carbocycles. The first-order valence-electron chi connectivity index (χ1n) is 6.29. The number of carboxylic acid groups (broad SMARTS) is 1. The summed E-state index contributed by atoms with van der Waals surface area (Å²) in [5.74, 6) is -1.98. The average molecular weight is 263 g/mol. The van der Waals surface area contributed by atoms with Gasteiger partial charge in [0.15, 0.2) is 0 Å². The van der Waals surface area contributed by atoms with Crippen LogP contribution in [0.2, 0.25) is 0 Å². The van der Waals surface area contributed by atoms with Gasteiger partial charge >= 0.3 is 5.97 Å². The number of carbonyl (C=O) groups is 2. The summed E-state index contributed by atoms with van der Waals surface area (Å²) in [6.07, 6.45) is 0.405. The first kappa shape index (κ1) is 13.4. The Kier molecular flexibility index (Phi) is 3.46. The Morgan fingerprint density at radius 3 is 2.58 bits per heavy atom. The van der Waals surface area contributed by atoms with Crippen LogP contribution in [0.25, 0.3) is 0 Å². The number of phenols is 1. The summed E-state index contributed by atoms with van der Waals surface area (Å²) in [6, 6.07) is 4.84. The molecular formula is C14H17NO4. The smallest absolute Gasteiger partial charge is 0.307 e. The van der Waals surface area contributed by atoms with Crippen LogP contribution < -0.4 is 4.90 Å². The van der Waals surface area contributed by atoms with Crippen LogP contribution in [-0.4, -0.2) is 28.6 Å². The van der Waals surface area contributed by atoms with E-state index in [1.165, 1.54) is 6.07 Å². The van der Waals surface area contributed by atoms with Crippen LogP contribution in [0.15, 0.2) is 18.2 Å². The molecule has 0 radical (unpaired) electrons. The summed E-state index contributed by atoms with van der Waals surface area (Å²) in [5.41, 5.74) is 1.52. The number of rotatable bonds is 4. The van der Waals surface area contributed by atoms with Crippen molar-refractivity contribution in [3.63, 3.8) is 0 Å². The van der Waals surface area contributed by atoms with Crippen LogP contribution in [0, 0.1) is 18.8 Å². The van der Waals surface area contributed by atoms with Crippen LogP contribution in [0.3, 0.4) is 0 Å². The second kappa shape index (κ2) is 4.91. The molecule has 2 N–H and O–H groups in total. The Morgan fingerprint density at radius 2 is 2.05 bits per heavy atom. The molecule has 2 atom stereocenters. The topological polar surface area (TPSA) is 77.8 Å². The largest absolute Gasteiger partial charge is 0.508 e. The van der Waals surface area contributed by atoms with Gasteiger partial charge in [-0.05, 0) is 31.9 Å². The number of amides is 1. The lowest BCUT2D eigenvalue weighted by molar-refractivity contribution is -0.140. The van der Waals surface area contributed by atoms with E-state index in [4.69, 9.17) is 5.11 Å². The summed E-state index contributed by atoms with van der Waals surface area (Å²) in [7, 11) is 0. The Labute approximate surface area is 111 Å². The maximum atomic E-state index is 12.3. The number of carboxylic acids is 1. The van der Waals surface area contributed by atoms with Gasteiger partial charge in [-0.1, -0.05) is 6.07 Å². The third-order valence-electron chi connectivity index (χ3n) is 3.49. The van der Waals surface area contributed by atoms with Crippen LogP contribution in [-0.2, 0) is 9.59 Å². The summed E-state index contributed by atoms with van der Waals surface area (Å²) in [6.45, 7) is 4.14. The molecule has 5 heteroatoms. The SMILES string of the molecule is CCN(C(=O)[C@@H]1C[C@@H]1C(=O)O)c1cc(O)ccc1C. The van der Waals surface area contributed by atoms with E-state index in [0.29, 0.717) is 18.7 Å². The van der Waals surface area contributed by atoms with Crippen molar-refractivity contribution >= 4 is 17.6 Å². The first-order valence-corrected chi connectivity index (χ1v) is 6.29. The minimum absolute atomic E-state index is 0.0948. The monoisotopic (exact) mass is 263 g/mol. The maximum absolute atomic E-state index is 12.3. The Bertz CT molecular complexity index is 526. The summed E-state index contributed by atoms with van der Waals surface area (Å²) >= 11 is 0. The van der Waals surface area contributed by atoms with Crippen LogP contribution in [0.1, 0.15) is 18.9 Å². The third kappa shape index (κ3) is 2.54. The van der Waals surface area contributed by atoms with E-state index >= 15 is 0 Å². The van der Waals surface area contributed by atoms with Gasteiger partial charge in [0.2, 0.25) is 5.91 Å². The molecular weight excluding hydrogens is 246 g/mol. The molecule has 5 nitrogen and oxygen atoms in total. The molecule has 0 aliphatic heterocycles. The van der Waals surface area contributed by atoms with E-state index in [1.807, 2.05) is 13.8 Å². The second-order valence-electron chi connectivity index (χ2n) is 4.84. The van der Waals surface area contributed by atoms with Crippen LogP contribution in [0.4, 0.5) is 5.69 Å². The number of hydrogen-bond acceptors (Lipinski definition) is 3. The number of hydrogen-bond donors (Lipinski definition) is 2. The van der Waals surface area contributed by atoms with Gasteiger partial charge < -0.3 is 15.1 Å². The Morgan fingerprint density at radius 1 is 1.37 bits per heavy atom. The highest BCUT2D eigenvalue weighted by molar-refractivity contribution is 6.00. The van der Waals surface area contributed by atoms with E-state index < -0.39 is 17.8 Å². The fourth-order valence-electron chi connectivity index (χ4n) is 2.27. The van der Waals surface area contributed by atoms with Gasteiger partial charge in [-0.15, -0.1) is 0 Å². The van der Waals surface area contributed by atoms with Gasteiger partial charge in [0.25, 0.3) is 0 Å². The van der Waals surface area contributed by atoms with Crippen molar-refractivity contribution in [3.8, 4) is 5.75 Å². The van der Waals surface area contributed by atoms with Gasteiger partial charge in [-0.3, -0.25) is 9.59 Å². The molecule has 1 fully saturated rings. The van der Waals surface area contributed by atoms with E-state index in [9.17, 15) is 14.7 Å². The van der Waals surface area contributed by atoms with Crippen LogP contribution >= 0.6 is 0 Å². The van der Waals surface area contributed by atoms with E-state index in [2.05, 4.69) is 0 Å². The molecule has 0 heterocycles. The fraction of sp³-hybridized carbons (Fsp3) is 0.429. The van der Waals surface area contributed by atoms with Crippen molar-refractivity contribution in [1.82, 2.24) is 0 Å². The molecule has 1 amide bonds. The lowest BCUT2D eigenvalue weighted by Gasteiger charge is -2.23. The molecule has 1 saturated carbocycles. The molecule has 2 rings (SSSR count). The van der Waals surface area contributed by atoms with Gasteiger partial charge in [-0.25, -0.2) is 0 Å². The molecule has 1 aliphatic rings. The number of anilines is 1. The number of aliphatic carboxylic acids is 1. The predicted octanol–water partition coefficient (Wildman–Crippen LogP) is 1.77. The number of nitrogens with zero attached hydrogens (tertiary/aromatic N) is 1. The van der Waals surface area contributed by atoms with Crippen molar-refractivity contribution in [3.05, 3.63) is 23.8 Å². The first-order chi connectivity index (χ1) is 8.95. The van der Waals surface area contributed by atoms with Gasteiger partial charge in [0.05, 0.1) is 17.5 Å². The lowest BCUT2D eigenvalue weighted by atomic mass is 10.1. The zero-order chi connectivity index (χ0) is 14.2. The van der Waals surface area contributed by atoms with E-state index in [1.54, 1.807) is 17.0 Å².